The fraction of sp³-hybridized carbons (Fsp3) is 0.333. The van der Waals surface area contributed by atoms with Gasteiger partial charge in [0.15, 0.2) is 0 Å². The molecule has 15 heavy (non-hydrogen) atoms. The Hall–Kier alpha value is -1.64. The molecule has 76 valence electrons. The molecular weight excluding hydrogens is 190 g/mol. The maximum atomic E-state index is 11.3. The molecule has 1 saturated carbocycles. The molecule has 1 aromatic carbocycles. The second kappa shape index (κ2) is 3.19. The summed E-state index contributed by atoms with van der Waals surface area (Å²) in [5.41, 5.74) is 1.91. The monoisotopic (exact) mass is 201 g/mol. The van der Waals surface area contributed by atoms with Crippen molar-refractivity contribution in [2.45, 2.75) is 25.4 Å². The zero-order chi connectivity index (χ0) is 10.3. The Morgan fingerprint density at radius 2 is 2.13 bits per heavy atom. The predicted octanol–water partition coefficient (Wildman–Crippen LogP) is 2.27. The lowest BCUT2D eigenvalue weighted by atomic mass is 9.93. The molecule has 3 heteroatoms. The minimum atomic E-state index is -0.110. The molecule has 0 spiro atoms. The van der Waals surface area contributed by atoms with E-state index in [-0.39, 0.29) is 11.9 Å². The van der Waals surface area contributed by atoms with E-state index in [1.54, 1.807) is 0 Å². The second-order valence-electron chi connectivity index (χ2n) is 3.92. The number of ketones is 1. The highest BCUT2D eigenvalue weighted by Gasteiger charge is 2.30. The molecule has 3 nitrogen and oxygen atoms in total. The standard InChI is InChI=1S/C12H11NO2/c14-8-5-6-10-12(7-8)15-11-4-2-1-3-9(11)13-10/h1-4,12H,5-7H2. The van der Waals surface area contributed by atoms with E-state index in [4.69, 9.17) is 4.74 Å². The molecule has 3 rings (SSSR count). The van der Waals surface area contributed by atoms with Crippen molar-refractivity contribution in [3.63, 3.8) is 0 Å². The van der Waals surface area contributed by atoms with E-state index in [1.165, 1.54) is 0 Å². The fourth-order valence-corrected chi connectivity index (χ4v) is 2.05. The van der Waals surface area contributed by atoms with Crippen LogP contribution in [-0.4, -0.2) is 17.6 Å². The van der Waals surface area contributed by atoms with E-state index in [0.717, 1.165) is 23.6 Å². The number of fused-ring (bicyclic) bond motifs is 2. The number of benzene rings is 1. The van der Waals surface area contributed by atoms with Crippen LogP contribution in [0.3, 0.4) is 0 Å². The van der Waals surface area contributed by atoms with E-state index < -0.39 is 0 Å². The molecule has 0 amide bonds. The largest absolute Gasteiger partial charge is 0.482 e. The average molecular weight is 201 g/mol. The van der Waals surface area contributed by atoms with Crippen molar-refractivity contribution in [1.29, 1.82) is 0 Å². The second-order valence-corrected chi connectivity index (χ2v) is 3.92. The third-order valence-electron chi connectivity index (χ3n) is 2.84. The molecule has 1 aliphatic carbocycles. The van der Waals surface area contributed by atoms with Gasteiger partial charge in [0.25, 0.3) is 0 Å². The van der Waals surface area contributed by atoms with Crippen molar-refractivity contribution in [2.24, 2.45) is 4.99 Å². The lowest BCUT2D eigenvalue weighted by Gasteiger charge is -2.28. The molecule has 0 bridgehead atoms. The third-order valence-corrected chi connectivity index (χ3v) is 2.84. The Balaban J connectivity index is 2.00. The molecule has 1 atom stereocenters. The topological polar surface area (TPSA) is 38.7 Å². The molecule has 1 fully saturated rings. The van der Waals surface area contributed by atoms with Crippen LogP contribution in [0.25, 0.3) is 0 Å². The summed E-state index contributed by atoms with van der Waals surface area (Å²) in [7, 11) is 0. The summed E-state index contributed by atoms with van der Waals surface area (Å²) in [5.74, 6) is 1.07. The summed E-state index contributed by atoms with van der Waals surface area (Å²) in [6, 6.07) is 7.70. The van der Waals surface area contributed by atoms with Gasteiger partial charge < -0.3 is 4.74 Å². The minimum absolute atomic E-state index is 0.110. The van der Waals surface area contributed by atoms with Crippen LogP contribution in [0.5, 0.6) is 5.75 Å². The van der Waals surface area contributed by atoms with Gasteiger partial charge in [0.1, 0.15) is 23.3 Å². The van der Waals surface area contributed by atoms with E-state index in [0.29, 0.717) is 12.8 Å². The van der Waals surface area contributed by atoms with Crippen LogP contribution >= 0.6 is 0 Å². The first-order chi connectivity index (χ1) is 7.33. The number of Topliss-reactive ketones (excluding diaryl/α,β-unsaturated/α-hetero) is 1. The van der Waals surface area contributed by atoms with Crippen molar-refractivity contribution in [3.05, 3.63) is 24.3 Å². The zero-order valence-electron chi connectivity index (χ0n) is 8.27. The number of nitrogens with zero attached hydrogens (tertiary/aromatic N) is 1. The van der Waals surface area contributed by atoms with Crippen LogP contribution in [0, 0.1) is 0 Å². The molecule has 1 heterocycles. The Labute approximate surface area is 87.8 Å². The van der Waals surface area contributed by atoms with Gasteiger partial charge in [-0.2, -0.15) is 0 Å². The van der Waals surface area contributed by atoms with Gasteiger partial charge in [0.2, 0.25) is 0 Å². The summed E-state index contributed by atoms with van der Waals surface area (Å²) in [4.78, 5) is 15.8. The summed E-state index contributed by atoms with van der Waals surface area (Å²) in [5, 5.41) is 0. The number of para-hydroxylation sites is 2. The summed E-state index contributed by atoms with van der Waals surface area (Å²) < 4.78 is 5.75. The number of rotatable bonds is 0. The van der Waals surface area contributed by atoms with Crippen molar-refractivity contribution >= 4 is 17.2 Å². The number of hydrogen-bond acceptors (Lipinski definition) is 3. The van der Waals surface area contributed by atoms with Crippen molar-refractivity contribution < 1.29 is 9.53 Å². The molecule has 0 saturated heterocycles. The molecule has 1 aromatic rings. The smallest absolute Gasteiger partial charge is 0.145 e. The van der Waals surface area contributed by atoms with Gasteiger partial charge in [-0.25, -0.2) is 0 Å². The first-order valence-corrected chi connectivity index (χ1v) is 5.18. The maximum Gasteiger partial charge on any atom is 0.145 e. The molecular formula is C12H11NO2. The van der Waals surface area contributed by atoms with Crippen molar-refractivity contribution in [3.8, 4) is 5.75 Å². The van der Waals surface area contributed by atoms with Crippen LogP contribution in [0.1, 0.15) is 19.3 Å². The summed E-state index contributed by atoms with van der Waals surface area (Å²) in [6.45, 7) is 0. The van der Waals surface area contributed by atoms with E-state index in [1.807, 2.05) is 24.3 Å². The average Bonchev–Trinajstić information content (AvgIpc) is 2.26. The van der Waals surface area contributed by atoms with Gasteiger partial charge >= 0.3 is 0 Å². The SMILES string of the molecule is O=C1CCC2=Nc3ccccc3OC2C1. The van der Waals surface area contributed by atoms with E-state index in [9.17, 15) is 4.79 Å². The molecule has 1 unspecified atom stereocenters. The van der Waals surface area contributed by atoms with Gasteiger partial charge in [-0.15, -0.1) is 0 Å². The van der Waals surface area contributed by atoms with Crippen LogP contribution in [0.2, 0.25) is 0 Å². The highest BCUT2D eigenvalue weighted by Crippen LogP contribution is 2.35. The fourth-order valence-electron chi connectivity index (χ4n) is 2.05. The zero-order valence-corrected chi connectivity index (χ0v) is 8.27. The Morgan fingerprint density at radius 3 is 3.07 bits per heavy atom. The predicted molar refractivity (Wildman–Crippen MR) is 56.8 cm³/mol. The minimum Gasteiger partial charge on any atom is -0.482 e. The highest BCUT2D eigenvalue weighted by atomic mass is 16.5. The van der Waals surface area contributed by atoms with Gasteiger partial charge in [-0.1, -0.05) is 12.1 Å². The lowest BCUT2D eigenvalue weighted by molar-refractivity contribution is -0.120. The van der Waals surface area contributed by atoms with Gasteiger partial charge in [-0.3, -0.25) is 9.79 Å². The van der Waals surface area contributed by atoms with Crippen LogP contribution < -0.4 is 4.74 Å². The van der Waals surface area contributed by atoms with Crippen LogP contribution in [-0.2, 0) is 4.79 Å². The Morgan fingerprint density at radius 1 is 1.27 bits per heavy atom. The Bertz CT molecular complexity index is 451. The first kappa shape index (κ1) is 8.65. The lowest BCUT2D eigenvalue weighted by Crippen LogP contribution is -2.36. The van der Waals surface area contributed by atoms with Crippen molar-refractivity contribution in [1.82, 2.24) is 0 Å². The maximum absolute atomic E-state index is 11.3. The van der Waals surface area contributed by atoms with Crippen LogP contribution in [0.4, 0.5) is 5.69 Å². The first-order valence-electron chi connectivity index (χ1n) is 5.18. The molecule has 1 aliphatic heterocycles. The molecule has 0 N–H and O–H groups in total. The van der Waals surface area contributed by atoms with Crippen molar-refractivity contribution in [2.75, 3.05) is 0 Å². The summed E-state index contributed by atoms with van der Waals surface area (Å²) >= 11 is 0. The number of hydrogen-bond donors (Lipinski definition) is 0. The molecule has 2 aliphatic rings. The number of carbonyl (C=O) groups is 1. The number of carbonyl (C=O) groups excluding carboxylic acids is 1. The van der Waals surface area contributed by atoms with Gasteiger partial charge in [0, 0.05) is 12.8 Å². The molecule has 0 aromatic heterocycles. The third kappa shape index (κ3) is 1.44. The van der Waals surface area contributed by atoms with Crippen LogP contribution in [0.15, 0.2) is 29.3 Å². The van der Waals surface area contributed by atoms with E-state index >= 15 is 0 Å². The number of aliphatic imine (C=N–C) groups is 1. The molecule has 0 radical (unpaired) electrons. The Kier molecular flexibility index (Phi) is 1.84. The quantitative estimate of drug-likeness (QED) is 0.645. The normalized spacial score (nSPS) is 23.6. The van der Waals surface area contributed by atoms with Gasteiger partial charge in [0.05, 0.1) is 5.71 Å². The van der Waals surface area contributed by atoms with Gasteiger partial charge in [-0.05, 0) is 18.6 Å². The number of ether oxygens (including phenoxy) is 1. The highest BCUT2D eigenvalue weighted by molar-refractivity contribution is 6.01. The van der Waals surface area contributed by atoms with E-state index in [2.05, 4.69) is 4.99 Å². The summed E-state index contributed by atoms with van der Waals surface area (Å²) in [6.07, 6.45) is 1.73.